The van der Waals surface area contributed by atoms with Crippen molar-refractivity contribution in [3.63, 3.8) is 0 Å². The minimum Gasteiger partial charge on any atom is -0.495 e. The molecular weight excluding hydrogens is 452 g/mol. The molecule has 0 saturated carbocycles. The molecule has 166 valence electrons. The molecule has 4 rings (SSSR count). The standard InChI is InChI=1S/C23H21ClN2O5S/c1-14(26(32(3,28)29)16-9-11-21(30-2)19(24)13-16)23(27)25-15-8-10-18-17-6-4-5-7-20(17)31-22(18)12-15/h4-14H,1-3H3,(H,25,27)/t14-/m0/s1. The summed E-state index contributed by atoms with van der Waals surface area (Å²) >= 11 is 6.17. The predicted octanol–water partition coefficient (Wildman–Crippen LogP) is 5.04. The summed E-state index contributed by atoms with van der Waals surface area (Å²) in [5.41, 5.74) is 2.13. The molecule has 1 heterocycles. The number of carbonyl (C=O) groups is 1. The normalized spacial score (nSPS) is 12.6. The molecule has 9 heteroatoms. The molecule has 1 N–H and O–H groups in total. The van der Waals surface area contributed by atoms with Crippen LogP contribution in [0.2, 0.25) is 5.02 Å². The van der Waals surface area contributed by atoms with Gasteiger partial charge in [0.05, 0.1) is 24.1 Å². The van der Waals surface area contributed by atoms with Gasteiger partial charge in [-0.15, -0.1) is 0 Å². The van der Waals surface area contributed by atoms with Crippen LogP contribution >= 0.6 is 11.6 Å². The third kappa shape index (κ3) is 4.11. The molecule has 0 unspecified atom stereocenters. The van der Waals surface area contributed by atoms with E-state index in [0.717, 1.165) is 26.9 Å². The average Bonchev–Trinajstić information content (AvgIpc) is 3.10. The molecule has 7 nitrogen and oxygen atoms in total. The Bertz CT molecular complexity index is 1430. The number of carbonyl (C=O) groups excluding carboxylic acids is 1. The lowest BCUT2D eigenvalue weighted by atomic mass is 10.1. The van der Waals surface area contributed by atoms with Gasteiger partial charge in [0, 0.05) is 22.5 Å². The summed E-state index contributed by atoms with van der Waals surface area (Å²) in [5, 5.41) is 4.92. The van der Waals surface area contributed by atoms with E-state index in [1.54, 1.807) is 18.2 Å². The number of amides is 1. The lowest BCUT2D eigenvalue weighted by molar-refractivity contribution is -0.116. The first kappa shape index (κ1) is 22.0. The molecule has 32 heavy (non-hydrogen) atoms. The lowest BCUT2D eigenvalue weighted by Gasteiger charge is -2.28. The Kier molecular flexibility index (Phi) is 5.75. The predicted molar refractivity (Wildman–Crippen MR) is 127 cm³/mol. The van der Waals surface area contributed by atoms with Crippen LogP contribution in [0.3, 0.4) is 0 Å². The number of nitrogens with zero attached hydrogens (tertiary/aromatic N) is 1. The fraction of sp³-hybridized carbons (Fsp3) is 0.174. The van der Waals surface area contributed by atoms with E-state index in [1.165, 1.54) is 26.2 Å². The molecule has 0 aliphatic carbocycles. The number of hydrogen-bond acceptors (Lipinski definition) is 5. The quantitative estimate of drug-likeness (QED) is 0.424. The summed E-state index contributed by atoms with van der Waals surface area (Å²) in [5.74, 6) is -0.0991. The molecule has 1 atom stereocenters. The van der Waals surface area contributed by atoms with Crippen molar-refractivity contribution in [1.82, 2.24) is 0 Å². The van der Waals surface area contributed by atoms with E-state index in [9.17, 15) is 13.2 Å². The van der Waals surface area contributed by atoms with Gasteiger partial charge < -0.3 is 14.5 Å². The topological polar surface area (TPSA) is 88.8 Å². The zero-order valence-corrected chi connectivity index (χ0v) is 19.2. The molecule has 4 aromatic rings. The third-order valence-electron chi connectivity index (χ3n) is 5.12. The van der Waals surface area contributed by atoms with E-state index in [0.29, 0.717) is 17.0 Å². The van der Waals surface area contributed by atoms with Crippen LogP contribution in [0.1, 0.15) is 6.92 Å². The van der Waals surface area contributed by atoms with E-state index in [-0.39, 0.29) is 10.7 Å². The number of methoxy groups -OCH3 is 1. The average molecular weight is 473 g/mol. The number of rotatable bonds is 6. The molecule has 0 spiro atoms. The second-order valence-electron chi connectivity index (χ2n) is 7.35. The van der Waals surface area contributed by atoms with Gasteiger partial charge in [-0.05, 0) is 43.3 Å². The Balaban J connectivity index is 1.63. The highest BCUT2D eigenvalue weighted by Gasteiger charge is 2.30. The van der Waals surface area contributed by atoms with Gasteiger partial charge in [-0.25, -0.2) is 8.42 Å². The van der Waals surface area contributed by atoms with Crippen LogP contribution < -0.4 is 14.4 Å². The van der Waals surface area contributed by atoms with Crippen LogP contribution in [0.25, 0.3) is 21.9 Å². The number of ether oxygens (including phenoxy) is 1. The number of para-hydroxylation sites is 1. The highest BCUT2D eigenvalue weighted by Crippen LogP contribution is 2.32. The van der Waals surface area contributed by atoms with Crippen molar-refractivity contribution < 1.29 is 22.4 Å². The largest absolute Gasteiger partial charge is 0.495 e. The van der Waals surface area contributed by atoms with E-state index >= 15 is 0 Å². The van der Waals surface area contributed by atoms with Gasteiger partial charge in [0.1, 0.15) is 23.0 Å². The number of benzene rings is 3. The number of halogens is 1. The Hall–Kier alpha value is -3.23. The summed E-state index contributed by atoms with van der Waals surface area (Å²) in [6.07, 6.45) is 1.04. The number of hydrogen-bond donors (Lipinski definition) is 1. The molecule has 0 aliphatic rings. The summed E-state index contributed by atoms with van der Waals surface area (Å²) in [6.45, 7) is 1.51. The van der Waals surface area contributed by atoms with E-state index in [4.69, 9.17) is 20.8 Å². The van der Waals surface area contributed by atoms with Crippen LogP contribution in [0.4, 0.5) is 11.4 Å². The zero-order valence-electron chi connectivity index (χ0n) is 17.6. The third-order valence-corrected chi connectivity index (χ3v) is 6.66. The molecule has 0 radical (unpaired) electrons. The Morgan fingerprint density at radius 1 is 1.06 bits per heavy atom. The fourth-order valence-electron chi connectivity index (χ4n) is 3.65. The van der Waals surface area contributed by atoms with Gasteiger partial charge >= 0.3 is 0 Å². The minimum atomic E-state index is -3.79. The highest BCUT2D eigenvalue weighted by molar-refractivity contribution is 7.92. The van der Waals surface area contributed by atoms with Crippen molar-refractivity contribution in [2.24, 2.45) is 0 Å². The summed E-state index contributed by atoms with van der Waals surface area (Å²) in [7, 11) is -2.33. The smallest absolute Gasteiger partial charge is 0.247 e. The van der Waals surface area contributed by atoms with Gasteiger partial charge in [-0.1, -0.05) is 29.8 Å². The molecule has 0 fully saturated rings. The number of sulfonamides is 1. The van der Waals surface area contributed by atoms with Crippen molar-refractivity contribution in [1.29, 1.82) is 0 Å². The maximum Gasteiger partial charge on any atom is 0.247 e. The minimum absolute atomic E-state index is 0.238. The molecule has 1 aromatic heterocycles. The SMILES string of the molecule is COc1ccc(N([C@@H](C)C(=O)Nc2ccc3c(c2)oc2ccccc23)S(C)(=O)=O)cc1Cl. The van der Waals surface area contributed by atoms with Crippen molar-refractivity contribution in [3.8, 4) is 5.75 Å². The molecule has 0 bridgehead atoms. The van der Waals surface area contributed by atoms with Crippen LogP contribution in [-0.4, -0.2) is 33.7 Å². The van der Waals surface area contributed by atoms with Gasteiger partial charge in [0.15, 0.2) is 0 Å². The summed E-state index contributed by atoms with van der Waals surface area (Å²) in [4.78, 5) is 13.0. The molecule has 1 amide bonds. The maximum absolute atomic E-state index is 13.0. The van der Waals surface area contributed by atoms with Gasteiger partial charge in [-0.2, -0.15) is 0 Å². The first-order valence-electron chi connectivity index (χ1n) is 9.74. The second kappa shape index (κ2) is 8.37. The second-order valence-corrected chi connectivity index (χ2v) is 9.62. The Labute approximate surface area is 190 Å². The van der Waals surface area contributed by atoms with Gasteiger partial charge in [0.25, 0.3) is 0 Å². The van der Waals surface area contributed by atoms with Crippen molar-refractivity contribution in [3.05, 3.63) is 65.7 Å². The summed E-state index contributed by atoms with van der Waals surface area (Å²) in [6, 6.07) is 16.5. The first-order valence-corrected chi connectivity index (χ1v) is 12.0. The number of nitrogens with one attached hydrogen (secondary N) is 1. The first-order chi connectivity index (χ1) is 15.2. The van der Waals surface area contributed by atoms with Crippen LogP contribution in [0.5, 0.6) is 5.75 Å². The van der Waals surface area contributed by atoms with Crippen LogP contribution in [-0.2, 0) is 14.8 Å². The van der Waals surface area contributed by atoms with Crippen molar-refractivity contribution in [2.45, 2.75) is 13.0 Å². The van der Waals surface area contributed by atoms with Crippen molar-refractivity contribution >= 4 is 60.8 Å². The number of furan rings is 1. The number of fused-ring (bicyclic) bond motifs is 3. The Morgan fingerprint density at radius 3 is 2.47 bits per heavy atom. The fourth-order valence-corrected chi connectivity index (χ4v) is 5.07. The monoisotopic (exact) mass is 472 g/mol. The molecule has 3 aromatic carbocycles. The molecule has 0 aliphatic heterocycles. The maximum atomic E-state index is 13.0. The Morgan fingerprint density at radius 2 is 1.78 bits per heavy atom. The zero-order chi connectivity index (χ0) is 23.0. The molecule has 0 saturated heterocycles. The molecular formula is C23H21ClN2O5S. The lowest BCUT2D eigenvalue weighted by Crippen LogP contribution is -2.45. The van der Waals surface area contributed by atoms with E-state index in [2.05, 4.69) is 5.32 Å². The van der Waals surface area contributed by atoms with Crippen molar-refractivity contribution in [2.75, 3.05) is 23.0 Å². The van der Waals surface area contributed by atoms with E-state index < -0.39 is 22.0 Å². The number of anilines is 2. The van der Waals surface area contributed by atoms with Gasteiger partial charge in [0.2, 0.25) is 15.9 Å². The highest BCUT2D eigenvalue weighted by atomic mass is 35.5. The van der Waals surface area contributed by atoms with Crippen LogP contribution in [0.15, 0.2) is 65.1 Å². The van der Waals surface area contributed by atoms with Gasteiger partial charge in [-0.3, -0.25) is 9.10 Å². The summed E-state index contributed by atoms with van der Waals surface area (Å²) < 4.78 is 37.1. The van der Waals surface area contributed by atoms with E-state index in [1.807, 2.05) is 30.3 Å². The van der Waals surface area contributed by atoms with Crippen LogP contribution in [0, 0.1) is 0 Å².